The van der Waals surface area contributed by atoms with Crippen LogP contribution in [0, 0.1) is 0 Å². The van der Waals surface area contributed by atoms with Crippen LogP contribution in [0.2, 0.25) is 0 Å². The minimum Gasteiger partial charge on any atom is -0.365 e. The third-order valence-electron chi connectivity index (χ3n) is 2.76. The van der Waals surface area contributed by atoms with Gasteiger partial charge in [0.2, 0.25) is 0 Å². The number of halogens is 2. The van der Waals surface area contributed by atoms with Crippen LogP contribution in [0.5, 0.6) is 0 Å². The van der Waals surface area contributed by atoms with Crippen molar-refractivity contribution in [2.24, 2.45) is 0 Å². The number of carbonyl (C=O) groups excluding carboxylic acids is 1. The van der Waals surface area contributed by atoms with Crippen molar-refractivity contribution in [2.45, 2.75) is 18.8 Å². The smallest absolute Gasteiger partial charge is 0.265 e. The SMILES string of the molecule is O=Cc1cccc(N2CCCC(F)(F)C2)c1. The zero-order chi connectivity index (χ0) is 11.6. The Morgan fingerprint density at radius 2 is 2.19 bits per heavy atom. The first kappa shape index (κ1) is 11.0. The Kier molecular flexibility index (Phi) is 2.90. The van der Waals surface area contributed by atoms with Gasteiger partial charge in [-0.25, -0.2) is 8.78 Å². The second-order valence-electron chi connectivity index (χ2n) is 4.09. The largest absolute Gasteiger partial charge is 0.365 e. The van der Waals surface area contributed by atoms with Gasteiger partial charge in [0.15, 0.2) is 0 Å². The van der Waals surface area contributed by atoms with Gasteiger partial charge in [0.25, 0.3) is 5.92 Å². The van der Waals surface area contributed by atoms with Crippen molar-refractivity contribution >= 4 is 12.0 Å². The lowest BCUT2D eigenvalue weighted by atomic mass is 10.1. The van der Waals surface area contributed by atoms with Crippen LogP contribution in [0.4, 0.5) is 14.5 Å². The molecule has 1 heterocycles. The molecule has 2 nitrogen and oxygen atoms in total. The van der Waals surface area contributed by atoms with Crippen LogP contribution in [0.15, 0.2) is 24.3 Å². The highest BCUT2D eigenvalue weighted by atomic mass is 19.3. The van der Waals surface area contributed by atoms with Gasteiger partial charge in [0, 0.05) is 24.2 Å². The molecule has 1 aliphatic rings. The number of hydrogen-bond acceptors (Lipinski definition) is 2. The number of rotatable bonds is 2. The van der Waals surface area contributed by atoms with Crippen LogP contribution < -0.4 is 4.90 Å². The van der Waals surface area contributed by atoms with Crippen LogP contribution in [0.25, 0.3) is 0 Å². The van der Waals surface area contributed by atoms with Gasteiger partial charge in [0.05, 0.1) is 6.54 Å². The summed E-state index contributed by atoms with van der Waals surface area (Å²) in [5, 5.41) is 0. The lowest BCUT2D eigenvalue weighted by molar-refractivity contribution is -0.0116. The van der Waals surface area contributed by atoms with Crippen LogP contribution in [0.1, 0.15) is 23.2 Å². The van der Waals surface area contributed by atoms with Gasteiger partial charge in [-0.3, -0.25) is 4.79 Å². The van der Waals surface area contributed by atoms with E-state index in [4.69, 9.17) is 0 Å². The maximum atomic E-state index is 13.2. The molecule has 0 spiro atoms. The first-order chi connectivity index (χ1) is 7.61. The van der Waals surface area contributed by atoms with Crippen molar-refractivity contribution in [3.05, 3.63) is 29.8 Å². The lowest BCUT2D eigenvalue weighted by Crippen LogP contribution is -2.42. The summed E-state index contributed by atoms with van der Waals surface area (Å²) in [4.78, 5) is 12.2. The van der Waals surface area contributed by atoms with E-state index in [2.05, 4.69) is 0 Å². The van der Waals surface area contributed by atoms with Gasteiger partial charge >= 0.3 is 0 Å². The zero-order valence-electron chi connectivity index (χ0n) is 8.83. The molecule has 1 aromatic carbocycles. The summed E-state index contributed by atoms with van der Waals surface area (Å²) < 4.78 is 26.4. The molecule has 0 N–H and O–H groups in total. The van der Waals surface area contributed by atoms with Crippen molar-refractivity contribution in [3.8, 4) is 0 Å². The normalized spacial score (nSPS) is 19.5. The van der Waals surface area contributed by atoms with E-state index in [9.17, 15) is 13.6 Å². The monoisotopic (exact) mass is 225 g/mol. The molecule has 0 atom stereocenters. The molecule has 1 aromatic rings. The Morgan fingerprint density at radius 1 is 1.38 bits per heavy atom. The zero-order valence-corrected chi connectivity index (χ0v) is 8.83. The fourth-order valence-corrected chi connectivity index (χ4v) is 1.98. The van der Waals surface area contributed by atoms with Gasteiger partial charge in [-0.05, 0) is 18.6 Å². The number of hydrogen-bond donors (Lipinski definition) is 0. The van der Waals surface area contributed by atoms with E-state index in [0.717, 1.165) is 6.29 Å². The minimum atomic E-state index is -2.62. The van der Waals surface area contributed by atoms with Gasteiger partial charge in [0.1, 0.15) is 6.29 Å². The standard InChI is InChI=1S/C12H13F2NO/c13-12(14)5-2-6-15(9-12)11-4-1-3-10(7-11)8-16/h1,3-4,7-8H,2,5-6,9H2. The molecule has 0 unspecified atom stereocenters. The Morgan fingerprint density at radius 3 is 2.88 bits per heavy atom. The van der Waals surface area contributed by atoms with E-state index in [1.807, 2.05) is 0 Å². The van der Waals surface area contributed by atoms with E-state index in [-0.39, 0.29) is 13.0 Å². The van der Waals surface area contributed by atoms with Crippen molar-refractivity contribution in [1.29, 1.82) is 0 Å². The molecule has 16 heavy (non-hydrogen) atoms. The molecular formula is C12H13F2NO. The van der Waals surface area contributed by atoms with E-state index >= 15 is 0 Å². The van der Waals surface area contributed by atoms with Crippen LogP contribution in [-0.2, 0) is 0 Å². The highest BCUT2D eigenvalue weighted by molar-refractivity contribution is 5.77. The van der Waals surface area contributed by atoms with Crippen molar-refractivity contribution in [2.75, 3.05) is 18.0 Å². The summed E-state index contributed by atoms with van der Waals surface area (Å²) in [6, 6.07) is 6.78. The lowest BCUT2D eigenvalue weighted by Gasteiger charge is -2.34. The Balaban J connectivity index is 2.20. The summed E-state index contributed by atoms with van der Waals surface area (Å²) in [7, 11) is 0. The summed E-state index contributed by atoms with van der Waals surface area (Å²) in [5.74, 6) is -2.62. The third-order valence-corrected chi connectivity index (χ3v) is 2.76. The fourth-order valence-electron chi connectivity index (χ4n) is 1.98. The molecule has 1 saturated heterocycles. The molecule has 0 amide bonds. The molecule has 0 bridgehead atoms. The fraction of sp³-hybridized carbons (Fsp3) is 0.417. The molecule has 2 rings (SSSR count). The number of alkyl halides is 2. The average molecular weight is 225 g/mol. The topological polar surface area (TPSA) is 20.3 Å². The predicted octanol–water partition coefficient (Wildman–Crippen LogP) is 2.73. The second-order valence-corrected chi connectivity index (χ2v) is 4.09. The molecule has 1 fully saturated rings. The number of benzene rings is 1. The second kappa shape index (κ2) is 4.20. The Hall–Kier alpha value is -1.45. The van der Waals surface area contributed by atoms with Crippen LogP contribution in [-0.4, -0.2) is 25.3 Å². The van der Waals surface area contributed by atoms with Gasteiger partial charge in [-0.2, -0.15) is 0 Å². The molecule has 4 heteroatoms. The Labute approximate surface area is 92.9 Å². The molecule has 0 saturated carbocycles. The Bertz CT molecular complexity index is 392. The van der Waals surface area contributed by atoms with Crippen molar-refractivity contribution < 1.29 is 13.6 Å². The molecule has 0 radical (unpaired) electrons. The summed E-state index contributed by atoms with van der Waals surface area (Å²) in [6.07, 6.45) is 1.17. The van der Waals surface area contributed by atoms with Crippen molar-refractivity contribution in [1.82, 2.24) is 0 Å². The number of nitrogens with zero attached hydrogens (tertiary/aromatic N) is 1. The van der Waals surface area contributed by atoms with E-state index in [1.165, 1.54) is 0 Å². The molecule has 0 aromatic heterocycles. The molecule has 0 aliphatic carbocycles. The maximum Gasteiger partial charge on any atom is 0.265 e. The molecule has 86 valence electrons. The quantitative estimate of drug-likeness (QED) is 0.721. The average Bonchev–Trinajstić information content (AvgIpc) is 2.28. The first-order valence-corrected chi connectivity index (χ1v) is 5.29. The van der Waals surface area contributed by atoms with Crippen molar-refractivity contribution in [3.63, 3.8) is 0 Å². The number of carbonyl (C=O) groups is 1. The number of anilines is 1. The van der Waals surface area contributed by atoms with E-state index < -0.39 is 5.92 Å². The van der Waals surface area contributed by atoms with Crippen LogP contribution >= 0.6 is 0 Å². The summed E-state index contributed by atoms with van der Waals surface area (Å²) in [6.45, 7) is 0.368. The first-order valence-electron chi connectivity index (χ1n) is 5.29. The number of aldehydes is 1. The van der Waals surface area contributed by atoms with Crippen LogP contribution in [0.3, 0.4) is 0 Å². The van der Waals surface area contributed by atoms with E-state index in [1.54, 1.807) is 29.2 Å². The van der Waals surface area contributed by atoms with Gasteiger partial charge in [-0.15, -0.1) is 0 Å². The predicted molar refractivity (Wildman–Crippen MR) is 58.2 cm³/mol. The summed E-state index contributed by atoms with van der Waals surface area (Å²) in [5.41, 5.74) is 1.22. The van der Waals surface area contributed by atoms with Gasteiger partial charge in [-0.1, -0.05) is 12.1 Å². The molecule has 1 aliphatic heterocycles. The van der Waals surface area contributed by atoms with E-state index in [0.29, 0.717) is 24.2 Å². The highest BCUT2D eigenvalue weighted by Gasteiger charge is 2.35. The highest BCUT2D eigenvalue weighted by Crippen LogP contribution is 2.29. The minimum absolute atomic E-state index is 0.0448. The maximum absolute atomic E-state index is 13.2. The van der Waals surface area contributed by atoms with Gasteiger partial charge < -0.3 is 4.90 Å². The summed E-state index contributed by atoms with van der Waals surface area (Å²) >= 11 is 0. The third kappa shape index (κ3) is 2.38. The number of piperidine rings is 1. The molecular weight excluding hydrogens is 212 g/mol.